The quantitative estimate of drug-likeness (QED) is 0.788. The Labute approximate surface area is 122 Å². The largest absolute Gasteiger partial charge is 0.388 e. The third kappa shape index (κ3) is 2.93. The highest BCUT2D eigenvalue weighted by atomic mass is 19.1. The van der Waals surface area contributed by atoms with Crippen LogP contribution in [0, 0.1) is 12.7 Å². The van der Waals surface area contributed by atoms with E-state index in [-0.39, 0.29) is 5.82 Å². The normalized spacial score (nSPS) is 12.5. The van der Waals surface area contributed by atoms with Gasteiger partial charge in [-0.1, -0.05) is 36.4 Å². The predicted octanol–water partition coefficient (Wildman–Crippen LogP) is 3.96. The number of nitrogens with zero attached hydrogens (tertiary/aromatic N) is 1. The zero-order chi connectivity index (χ0) is 14.8. The van der Waals surface area contributed by atoms with Crippen molar-refractivity contribution in [1.29, 1.82) is 0 Å². The lowest BCUT2D eigenvalue weighted by molar-refractivity contribution is 0.172. The van der Waals surface area contributed by atoms with Gasteiger partial charge >= 0.3 is 0 Å². The SMILES string of the molecule is Cc1ccc(C(O)Cc2ccc3ccccc3n2)c(F)c1. The zero-order valence-corrected chi connectivity index (χ0v) is 11.8. The van der Waals surface area contributed by atoms with Gasteiger partial charge < -0.3 is 5.11 Å². The summed E-state index contributed by atoms with van der Waals surface area (Å²) >= 11 is 0. The summed E-state index contributed by atoms with van der Waals surface area (Å²) in [5.41, 5.74) is 2.79. The maximum absolute atomic E-state index is 13.9. The molecule has 106 valence electrons. The predicted molar refractivity (Wildman–Crippen MR) is 81.5 cm³/mol. The van der Waals surface area contributed by atoms with Crippen molar-refractivity contribution < 1.29 is 9.50 Å². The van der Waals surface area contributed by atoms with Crippen molar-refractivity contribution in [3.05, 3.63) is 77.2 Å². The Bertz CT molecular complexity index is 785. The van der Waals surface area contributed by atoms with Crippen molar-refractivity contribution in [2.75, 3.05) is 0 Å². The van der Waals surface area contributed by atoms with Crippen LogP contribution in [0.15, 0.2) is 54.6 Å². The molecule has 3 aromatic rings. The van der Waals surface area contributed by atoms with Crippen molar-refractivity contribution in [2.24, 2.45) is 0 Å². The Morgan fingerprint density at radius 3 is 2.71 bits per heavy atom. The van der Waals surface area contributed by atoms with Gasteiger partial charge in [0.05, 0.1) is 11.6 Å². The van der Waals surface area contributed by atoms with Crippen molar-refractivity contribution in [3.63, 3.8) is 0 Å². The molecule has 21 heavy (non-hydrogen) atoms. The Balaban J connectivity index is 1.87. The van der Waals surface area contributed by atoms with Gasteiger partial charge in [-0.3, -0.25) is 4.98 Å². The van der Waals surface area contributed by atoms with Crippen LogP contribution in [0.25, 0.3) is 10.9 Å². The second-order valence-electron chi connectivity index (χ2n) is 5.24. The van der Waals surface area contributed by atoms with Gasteiger partial charge in [-0.25, -0.2) is 4.39 Å². The average Bonchev–Trinajstić information content (AvgIpc) is 2.47. The lowest BCUT2D eigenvalue weighted by Crippen LogP contribution is -2.06. The summed E-state index contributed by atoms with van der Waals surface area (Å²) in [5.74, 6) is -0.372. The van der Waals surface area contributed by atoms with Crippen LogP contribution in [0.3, 0.4) is 0 Å². The summed E-state index contributed by atoms with van der Waals surface area (Å²) in [6.45, 7) is 1.82. The Hall–Kier alpha value is -2.26. The van der Waals surface area contributed by atoms with E-state index < -0.39 is 6.10 Å². The first-order valence-corrected chi connectivity index (χ1v) is 6.92. The number of fused-ring (bicyclic) bond motifs is 1. The van der Waals surface area contributed by atoms with Crippen LogP contribution in [-0.2, 0) is 6.42 Å². The topological polar surface area (TPSA) is 33.1 Å². The number of aliphatic hydroxyl groups is 1. The van der Waals surface area contributed by atoms with Gasteiger partial charge in [0.15, 0.2) is 0 Å². The van der Waals surface area contributed by atoms with E-state index in [1.165, 1.54) is 6.07 Å². The lowest BCUT2D eigenvalue weighted by Gasteiger charge is -2.12. The molecule has 1 aromatic heterocycles. The maximum atomic E-state index is 13.9. The number of benzene rings is 2. The summed E-state index contributed by atoms with van der Waals surface area (Å²) in [7, 11) is 0. The minimum absolute atomic E-state index is 0.296. The fourth-order valence-corrected chi connectivity index (χ4v) is 2.43. The van der Waals surface area contributed by atoms with E-state index in [0.29, 0.717) is 12.0 Å². The number of aromatic nitrogens is 1. The number of hydrogen-bond donors (Lipinski definition) is 1. The van der Waals surface area contributed by atoms with E-state index in [2.05, 4.69) is 4.98 Å². The van der Waals surface area contributed by atoms with E-state index in [4.69, 9.17) is 0 Å². The molecule has 0 saturated heterocycles. The van der Waals surface area contributed by atoms with Crippen LogP contribution in [0.1, 0.15) is 22.9 Å². The van der Waals surface area contributed by atoms with Gasteiger partial charge in [-0.15, -0.1) is 0 Å². The van der Waals surface area contributed by atoms with E-state index in [1.54, 1.807) is 12.1 Å². The van der Waals surface area contributed by atoms with E-state index in [1.807, 2.05) is 43.3 Å². The molecule has 0 aliphatic carbocycles. The third-order valence-corrected chi connectivity index (χ3v) is 3.57. The molecule has 0 saturated carbocycles. The van der Waals surface area contributed by atoms with Crippen LogP contribution in [0.5, 0.6) is 0 Å². The van der Waals surface area contributed by atoms with Crippen LogP contribution < -0.4 is 0 Å². The van der Waals surface area contributed by atoms with Crippen LogP contribution in [-0.4, -0.2) is 10.1 Å². The van der Waals surface area contributed by atoms with Crippen LogP contribution in [0.4, 0.5) is 4.39 Å². The Morgan fingerprint density at radius 2 is 1.90 bits per heavy atom. The van der Waals surface area contributed by atoms with E-state index >= 15 is 0 Å². The molecule has 0 fully saturated rings. The van der Waals surface area contributed by atoms with Crippen molar-refractivity contribution in [2.45, 2.75) is 19.4 Å². The van der Waals surface area contributed by atoms with Gasteiger partial charge in [-0.05, 0) is 30.7 Å². The minimum Gasteiger partial charge on any atom is -0.388 e. The Kier molecular flexibility index (Phi) is 3.67. The molecule has 3 rings (SSSR count). The van der Waals surface area contributed by atoms with Gasteiger partial charge in [-0.2, -0.15) is 0 Å². The molecular formula is C18H16FNO. The summed E-state index contributed by atoms with van der Waals surface area (Å²) in [5, 5.41) is 11.3. The fourth-order valence-electron chi connectivity index (χ4n) is 2.43. The first kappa shape index (κ1) is 13.7. The molecule has 1 unspecified atom stereocenters. The molecule has 0 aliphatic rings. The van der Waals surface area contributed by atoms with Gasteiger partial charge in [0.25, 0.3) is 0 Å². The lowest BCUT2D eigenvalue weighted by atomic mass is 10.0. The molecule has 0 radical (unpaired) electrons. The maximum Gasteiger partial charge on any atom is 0.129 e. The number of aryl methyl sites for hydroxylation is 1. The number of pyridine rings is 1. The molecule has 1 heterocycles. The monoisotopic (exact) mass is 281 g/mol. The molecule has 3 heteroatoms. The molecule has 0 bridgehead atoms. The summed E-state index contributed by atoms with van der Waals surface area (Å²) in [6, 6.07) is 16.5. The zero-order valence-electron chi connectivity index (χ0n) is 11.8. The Morgan fingerprint density at radius 1 is 1.10 bits per heavy atom. The molecule has 0 spiro atoms. The van der Waals surface area contributed by atoms with Crippen molar-refractivity contribution in [1.82, 2.24) is 4.98 Å². The van der Waals surface area contributed by atoms with Crippen molar-refractivity contribution >= 4 is 10.9 Å². The second kappa shape index (κ2) is 5.62. The smallest absolute Gasteiger partial charge is 0.129 e. The molecular weight excluding hydrogens is 265 g/mol. The number of aliphatic hydroxyl groups excluding tert-OH is 1. The summed E-state index contributed by atoms with van der Waals surface area (Å²) in [4.78, 5) is 4.51. The minimum atomic E-state index is -0.890. The number of para-hydroxylation sites is 1. The summed E-state index contributed by atoms with van der Waals surface area (Å²) < 4.78 is 13.9. The first-order valence-electron chi connectivity index (χ1n) is 6.92. The van der Waals surface area contributed by atoms with Crippen LogP contribution >= 0.6 is 0 Å². The standard InChI is InChI=1S/C18H16FNO/c1-12-6-9-15(16(19)10-12)18(21)11-14-8-7-13-4-2-3-5-17(13)20-14/h2-10,18,21H,11H2,1H3. The molecule has 2 nitrogen and oxygen atoms in total. The van der Waals surface area contributed by atoms with E-state index in [9.17, 15) is 9.50 Å². The highest BCUT2D eigenvalue weighted by molar-refractivity contribution is 5.78. The fraction of sp³-hybridized carbons (Fsp3) is 0.167. The second-order valence-corrected chi connectivity index (χ2v) is 5.24. The molecule has 1 N–H and O–H groups in total. The third-order valence-electron chi connectivity index (χ3n) is 3.57. The highest BCUT2D eigenvalue weighted by Gasteiger charge is 2.14. The van der Waals surface area contributed by atoms with E-state index in [0.717, 1.165) is 22.2 Å². The number of halogens is 1. The first-order chi connectivity index (χ1) is 10.1. The van der Waals surface area contributed by atoms with Gasteiger partial charge in [0, 0.05) is 23.1 Å². The average molecular weight is 281 g/mol. The molecule has 0 amide bonds. The number of hydrogen-bond acceptors (Lipinski definition) is 2. The van der Waals surface area contributed by atoms with Crippen LogP contribution in [0.2, 0.25) is 0 Å². The highest BCUT2D eigenvalue weighted by Crippen LogP contribution is 2.22. The van der Waals surface area contributed by atoms with Gasteiger partial charge in [0.2, 0.25) is 0 Å². The molecule has 0 aliphatic heterocycles. The summed E-state index contributed by atoms with van der Waals surface area (Å²) in [6.07, 6.45) is -0.593. The molecule has 1 atom stereocenters. The molecule has 2 aromatic carbocycles. The van der Waals surface area contributed by atoms with Gasteiger partial charge in [0.1, 0.15) is 5.82 Å². The van der Waals surface area contributed by atoms with Crippen molar-refractivity contribution in [3.8, 4) is 0 Å². The number of rotatable bonds is 3.